The summed E-state index contributed by atoms with van der Waals surface area (Å²) < 4.78 is 24.4. The molecule has 2 rings (SSSR count). The zero-order chi connectivity index (χ0) is 17.0. The van der Waals surface area contributed by atoms with E-state index in [0.29, 0.717) is 0 Å². The molecule has 0 fully saturated rings. The second-order valence-corrected chi connectivity index (χ2v) is 8.10. The maximum atomic E-state index is 5.53. The molecule has 0 bridgehead atoms. The molecule has 23 heavy (non-hydrogen) atoms. The number of rotatable bonds is 8. The van der Waals surface area contributed by atoms with Crippen molar-refractivity contribution in [3.05, 3.63) is 11.1 Å². The Bertz CT molecular complexity index is 605. The second-order valence-electron chi connectivity index (χ2n) is 4.59. The molecule has 0 aliphatic carbocycles. The third-order valence-corrected chi connectivity index (χ3v) is 7.26. The van der Waals surface area contributed by atoms with Crippen molar-refractivity contribution >= 4 is 34.4 Å². The first kappa shape index (κ1) is 18.3. The highest BCUT2D eigenvalue weighted by molar-refractivity contribution is 8.03. The van der Waals surface area contributed by atoms with Crippen molar-refractivity contribution in [3.63, 3.8) is 0 Å². The van der Waals surface area contributed by atoms with Crippen molar-refractivity contribution in [3.8, 4) is 21.6 Å². The molecule has 0 aliphatic rings. The minimum Gasteiger partial charge on any atom is -0.492 e. The lowest BCUT2D eigenvalue weighted by Crippen LogP contribution is -1.90. The third kappa shape index (κ3) is 3.41. The van der Waals surface area contributed by atoms with Gasteiger partial charge < -0.3 is 18.9 Å². The van der Waals surface area contributed by atoms with Gasteiger partial charge in [-0.2, -0.15) is 0 Å². The minimum atomic E-state index is 0.820. The number of thiophene rings is 2. The van der Waals surface area contributed by atoms with Crippen LogP contribution in [-0.4, -0.2) is 28.4 Å². The molecule has 0 atom stereocenters. The zero-order valence-corrected chi connectivity index (χ0v) is 16.7. The van der Waals surface area contributed by atoms with Crippen molar-refractivity contribution < 1.29 is 18.9 Å². The average molecular weight is 375 g/mol. The maximum absolute atomic E-state index is 5.53. The predicted octanol–water partition coefficient (Wildman–Crippen LogP) is 5.12. The number of hydrogen-bond acceptors (Lipinski definition) is 7. The summed E-state index contributed by atoms with van der Waals surface area (Å²) in [4.78, 5) is 0. The smallest absolute Gasteiger partial charge is 0.218 e. The summed E-state index contributed by atoms with van der Waals surface area (Å²) in [5.74, 6) is 1.69. The fourth-order valence-corrected chi connectivity index (χ4v) is 6.51. The maximum Gasteiger partial charge on any atom is 0.218 e. The Morgan fingerprint density at radius 2 is 1.09 bits per heavy atom. The summed E-state index contributed by atoms with van der Waals surface area (Å²) in [6, 6.07) is 0. The van der Waals surface area contributed by atoms with Crippen LogP contribution in [0.15, 0.2) is 8.42 Å². The van der Waals surface area contributed by atoms with Crippen LogP contribution in [-0.2, 0) is 12.8 Å². The van der Waals surface area contributed by atoms with E-state index in [1.165, 1.54) is 19.5 Å². The van der Waals surface area contributed by atoms with Gasteiger partial charge in [0.15, 0.2) is 11.5 Å². The fourth-order valence-electron chi connectivity index (χ4n) is 2.36. The standard InChI is InChI=1S/C16H22O4S3/c1-7-9-11(17-3)13(19-5)21-15(9)23-16-10(8-2)12(18-4)14(20-6)22-16/h7-8H2,1-6H3. The number of ether oxygens (including phenoxy) is 4. The largest absolute Gasteiger partial charge is 0.492 e. The molecular formula is C16H22O4S3. The average Bonchev–Trinajstić information content (AvgIpc) is 3.10. The molecule has 2 aromatic heterocycles. The number of hydrogen-bond donors (Lipinski definition) is 0. The molecule has 0 spiro atoms. The van der Waals surface area contributed by atoms with Crippen LogP contribution in [0, 0.1) is 0 Å². The van der Waals surface area contributed by atoms with Gasteiger partial charge in [-0.1, -0.05) is 48.3 Å². The van der Waals surface area contributed by atoms with E-state index in [0.717, 1.165) is 34.5 Å². The summed E-state index contributed by atoms with van der Waals surface area (Å²) in [6.45, 7) is 4.26. The summed E-state index contributed by atoms with van der Waals surface area (Å²) in [6.07, 6.45) is 1.79. The van der Waals surface area contributed by atoms with Crippen molar-refractivity contribution in [2.45, 2.75) is 35.1 Å². The third-order valence-electron chi connectivity index (χ3n) is 3.45. The van der Waals surface area contributed by atoms with Crippen molar-refractivity contribution in [1.29, 1.82) is 0 Å². The van der Waals surface area contributed by atoms with E-state index in [1.807, 2.05) is 0 Å². The Hall–Kier alpha value is -1.05. The molecule has 0 unspecified atom stereocenters. The van der Waals surface area contributed by atoms with Crippen LogP contribution in [0.2, 0.25) is 0 Å². The van der Waals surface area contributed by atoms with Gasteiger partial charge in [-0.15, -0.1) is 0 Å². The van der Waals surface area contributed by atoms with Crippen LogP contribution in [0.3, 0.4) is 0 Å². The molecule has 2 aromatic rings. The Morgan fingerprint density at radius 3 is 1.35 bits per heavy atom. The van der Waals surface area contributed by atoms with Gasteiger partial charge in [-0.3, -0.25) is 0 Å². The monoisotopic (exact) mass is 374 g/mol. The lowest BCUT2D eigenvalue weighted by Gasteiger charge is -2.05. The summed E-state index contributed by atoms with van der Waals surface area (Å²) in [5.41, 5.74) is 2.38. The van der Waals surface area contributed by atoms with Crippen molar-refractivity contribution in [1.82, 2.24) is 0 Å². The quantitative estimate of drug-likeness (QED) is 0.641. The summed E-state index contributed by atoms with van der Waals surface area (Å²) in [7, 11) is 6.73. The van der Waals surface area contributed by atoms with E-state index >= 15 is 0 Å². The van der Waals surface area contributed by atoms with Crippen molar-refractivity contribution in [2.75, 3.05) is 28.4 Å². The normalized spacial score (nSPS) is 10.7. The van der Waals surface area contributed by atoms with Crippen LogP contribution >= 0.6 is 34.4 Å². The molecule has 2 heterocycles. The van der Waals surface area contributed by atoms with Crippen molar-refractivity contribution in [2.24, 2.45) is 0 Å². The van der Waals surface area contributed by atoms with Gasteiger partial charge >= 0.3 is 0 Å². The Labute approximate surface area is 149 Å². The van der Waals surface area contributed by atoms with Gasteiger partial charge in [-0.05, 0) is 12.8 Å². The second kappa shape index (κ2) is 8.17. The molecular weight excluding hydrogens is 352 g/mol. The van der Waals surface area contributed by atoms with E-state index in [9.17, 15) is 0 Å². The molecule has 0 radical (unpaired) electrons. The fraction of sp³-hybridized carbons (Fsp3) is 0.500. The van der Waals surface area contributed by atoms with Crippen LogP contribution in [0.4, 0.5) is 0 Å². The van der Waals surface area contributed by atoms with E-state index in [1.54, 1.807) is 62.9 Å². The first-order valence-corrected chi connectivity index (χ1v) is 9.75. The molecule has 128 valence electrons. The SMILES string of the molecule is CCc1c(Sc2sc(OC)c(OC)c2CC)sc(OC)c1OC. The highest BCUT2D eigenvalue weighted by Gasteiger charge is 2.24. The first-order chi connectivity index (χ1) is 11.1. The predicted molar refractivity (Wildman–Crippen MR) is 97.7 cm³/mol. The number of methoxy groups -OCH3 is 4. The lowest BCUT2D eigenvalue weighted by molar-refractivity contribution is 0.361. The lowest BCUT2D eigenvalue weighted by atomic mass is 10.2. The molecule has 0 saturated heterocycles. The molecule has 0 saturated carbocycles. The molecule has 0 N–H and O–H groups in total. The first-order valence-electron chi connectivity index (χ1n) is 7.30. The topological polar surface area (TPSA) is 36.9 Å². The van der Waals surface area contributed by atoms with Crippen LogP contribution < -0.4 is 18.9 Å². The zero-order valence-electron chi connectivity index (χ0n) is 14.3. The summed E-state index contributed by atoms with van der Waals surface area (Å²) >= 11 is 4.98. The molecule has 0 aromatic carbocycles. The van der Waals surface area contributed by atoms with E-state index in [-0.39, 0.29) is 0 Å². The minimum absolute atomic E-state index is 0.820. The van der Waals surface area contributed by atoms with Crippen LogP contribution in [0.25, 0.3) is 0 Å². The van der Waals surface area contributed by atoms with Crippen LogP contribution in [0.5, 0.6) is 21.6 Å². The van der Waals surface area contributed by atoms with Gasteiger partial charge in [0.2, 0.25) is 10.1 Å². The molecule has 0 amide bonds. The van der Waals surface area contributed by atoms with Gasteiger partial charge in [0.1, 0.15) is 0 Å². The molecule has 7 heteroatoms. The van der Waals surface area contributed by atoms with E-state index in [2.05, 4.69) is 13.8 Å². The highest BCUT2D eigenvalue weighted by atomic mass is 32.2. The van der Waals surface area contributed by atoms with Gasteiger partial charge in [0, 0.05) is 11.1 Å². The van der Waals surface area contributed by atoms with E-state index in [4.69, 9.17) is 18.9 Å². The molecule has 4 nitrogen and oxygen atoms in total. The van der Waals surface area contributed by atoms with Gasteiger partial charge in [0.25, 0.3) is 0 Å². The van der Waals surface area contributed by atoms with Gasteiger partial charge in [-0.25, -0.2) is 0 Å². The van der Waals surface area contributed by atoms with Crippen LogP contribution in [0.1, 0.15) is 25.0 Å². The highest BCUT2D eigenvalue weighted by Crippen LogP contribution is 2.54. The Balaban J connectivity index is 2.47. The Morgan fingerprint density at radius 1 is 0.696 bits per heavy atom. The van der Waals surface area contributed by atoms with Gasteiger partial charge in [0.05, 0.1) is 36.9 Å². The Kier molecular flexibility index (Phi) is 6.50. The summed E-state index contributed by atoms with van der Waals surface area (Å²) in [5, 5.41) is 1.64. The molecule has 0 aliphatic heterocycles. The van der Waals surface area contributed by atoms with E-state index < -0.39 is 0 Å².